The molecule has 2 N–H and O–H groups in total. The highest BCUT2D eigenvalue weighted by atomic mass is 16.4. The summed E-state index contributed by atoms with van der Waals surface area (Å²) in [7, 11) is 2.95. The van der Waals surface area contributed by atoms with E-state index in [9.17, 15) is 9.90 Å². The summed E-state index contributed by atoms with van der Waals surface area (Å²) in [5.41, 5.74) is 0.562. The van der Waals surface area contributed by atoms with Crippen molar-refractivity contribution in [3.8, 4) is 5.75 Å². The molecular formula is C15H26N4O3. The summed E-state index contributed by atoms with van der Waals surface area (Å²) in [6, 6.07) is 1.70. The fourth-order valence-electron chi connectivity index (χ4n) is 1.43. The second kappa shape index (κ2) is 11.4. The highest BCUT2D eigenvalue weighted by molar-refractivity contribution is 5.64. The summed E-state index contributed by atoms with van der Waals surface area (Å²) in [6.07, 6.45) is 6.09. The van der Waals surface area contributed by atoms with Crippen LogP contribution in [0.2, 0.25) is 0 Å². The zero-order chi connectivity index (χ0) is 17.0. The molecule has 0 saturated carbocycles. The second-order valence-corrected chi connectivity index (χ2v) is 4.82. The van der Waals surface area contributed by atoms with E-state index < -0.39 is 6.09 Å². The third-order valence-electron chi connectivity index (χ3n) is 2.54. The SMILES string of the molecule is CCCN(/C=N/c1ccncc1O)CCC.CN(C)C(=O)O. The first-order valence-corrected chi connectivity index (χ1v) is 7.23. The molecule has 0 aromatic carbocycles. The van der Waals surface area contributed by atoms with Gasteiger partial charge in [-0.25, -0.2) is 9.79 Å². The van der Waals surface area contributed by atoms with Crippen LogP contribution in [0.5, 0.6) is 5.75 Å². The lowest BCUT2D eigenvalue weighted by molar-refractivity contribution is 0.165. The molecule has 0 atom stereocenters. The van der Waals surface area contributed by atoms with E-state index in [0.29, 0.717) is 5.69 Å². The fourth-order valence-corrected chi connectivity index (χ4v) is 1.43. The number of carbonyl (C=O) groups is 1. The van der Waals surface area contributed by atoms with Crippen molar-refractivity contribution >= 4 is 18.1 Å². The summed E-state index contributed by atoms with van der Waals surface area (Å²) in [6.45, 7) is 6.26. The van der Waals surface area contributed by atoms with Crippen LogP contribution < -0.4 is 0 Å². The lowest BCUT2D eigenvalue weighted by Crippen LogP contribution is -2.23. The van der Waals surface area contributed by atoms with E-state index in [1.54, 1.807) is 18.6 Å². The minimum absolute atomic E-state index is 0.117. The largest absolute Gasteiger partial charge is 0.504 e. The third kappa shape index (κ3) is 8.78. The molecule has 1 amide bonds. The van der Waals surface area contributed by atoms with E-state index in [0.717, 1.165) is 30.8 Å². The van der Waals surface area contributed by atoms with Gasteiger partial charge in [0, 0.05) is 33.4 Å². The molecule has 7 nitrogen and oxygen atoms in total. The highest BCUT2D eigenvalue weighted by Crippen LogP contribution is 2.23. The van der Waals surface area contributed by atoms with Gasteiger partial charge >= 0.3 is 6.09 Å². The maximum atomic E-state index is 9.62. The van der Waals surface area contributed by atoms with Crippen molar-refractivity contribution < 1.29 is 15.0 Å². The van der Waals surface area contributed by atoms with Gasteiger partial charge in [0.15, 0.2) is 5.75 Å². The van der Waals surface area contributed by atoms with Crippen LogP contribution in [0.3, 0.4) is 0 Å². The summed E-state index contributed by atoms with van der Waals surface area (Å²) in [5.74, 6) is 0.117. The molecule has 0 spiro atoms. The third-order valence-corrected chi connectivity index (χ3v) is 2.54. The number of aliphatic imine (C=N–C) groups is 1. The zero-order valence-corrected chi connectivity index (χ0v) is 13.7. The van der Waals surface area contributed by atoms with Gasteiger partial charge < -0.3 is 20.0 Å². The van der Waals surface area contributed by atoms with Crippen LogP contribution in [-0.4, -0.2) is 64.6 Å². The predicted molar refractivity (Wildman–Crippen MR) is 87.9 cm³/mol. The normalized spacial score (nSPS) is 10.0. The first-order chi connectivity index (χ1) is 10.4. The molecule has 0 aliphatic rings. The first kappa shape index (κ1) is 19.7. The molecule has 1 heterocycles. The molecule has 1 aromatic heterocycles. The molecule has 0 fully saturated rings. The number of rotatable bonds is 6. The van der Waals surface area contributed by atoms with Crippen molar-refractivity contribution in [1.82, 2.24) is 14.8 Å². The van der Waals surface area contributed by atoms with Gasteiger partial charge in [0.1, 0.15) is 5.69 Å². The molecule has 0 radical (unpaired) electrons. The van der Waals surface area contributed by atoms with Crippen LogP contribution in [-0.2, 0) is 0 Å². The Labute approximate surface area is 131 Å². The van der Waals surface area contributed by atoms with Crippen LogP contribution in [0.15, 0.2) is 23.5 Å². The predicted octanol–water partition coefficient (Wildman–Crippen LogP) is 2.80. The average Bonchev–Trinajstić information content (AvgIpc) is 2.47. The zero-order valence-electron chi connectivity index (χ0n) is 13.7. The Hall–Kier alpha value is -2.31. The topological polar surface area (TPSA) is 89.3 Å². The molecule has 1 rings (SSSR count). The summed E-state index contributed by atoms with van der Waals surface area (Å²) < 4.78 is 0. The molecule has 1 aromatic rings. The molecule has 0 aliphatic carbocycles. The molecule has 22 heavy (non-hydrogen) atoms. The number of amides is 1. The lowest BCUT2D eigenvalue weighted by Gasteiger charge is -2.17. The summed E-state index contributed by atoms with van der Waals surface area (Å²) in [5, 5.41) is 17.4. The van der Waals surface area contributed by atoms with Crippen molar-refractivity contribution in [3.63, 3.8) is 0 Å². The van der Waals surface area contributed by atoms with Gasteiger partial charge in [0.05, 0.1) is 12.5 Å². The number of hydrogen-bond donors (Lipinski definition) is 2. The Balaban J connectivity index is 0.000000626. The van der Waals surface area contributed by atoms with Gasteiger partial charge in [-0.3, -0.25) is 4.98 Å². The molecule has 0 unspecified atom stereocenters. The minimum atomic E-state index is -0.907. The maximum absolute atomic E-state index is 9.62. The minimum Gasteiger partial charge on any atom is -0.504 e. The first-order valence-electron chi connectivity index (χ1n) is 7.23. The molecule has 0 bridgehead atoms. The van der Waals surface area contributed by atoms with E-state index in [1.807, 2.05) is 0 Å². The number of nitrogens with zero attached hydrogens (tertiary/aromatic N) is 4. The Kier molecular flexibility index (Phi) is 10.2. The van der Waals surface area contributed by atoms with E-state index in [2.05, 4.69) is 28.7 Å². The quantitative estimate of drug-likeness (QED) is 0.623. The molecule has 0 saturated heterocycles. The maximum Gasteiger partial charge on any atom is 0.406 e. The van der Waals surface area contributed by atoms with Crippen molar-refractivity contribution in [3.05, 3.63) is 18.5 Å². The lowest BCUT2D eigenvalue weighted by atomic mass is 10.4. The summed E-state index contributed by atoms with van der Waals surface area (Å²) in [4.78, 5) is 20.9. The number of aromatic hydroxyl groups is 1. The van der Waals surface area contributed by atoms with E-state index >= 15 is 0 Å². The smallest absolute Gasteiger partial charge is 0.406 e. The molecule has 7 heteroatoms. The number of aromatic nitrogens is 1. The second-order valence-electron chi connectivity index (χ2n) is 4.82. The van der Waals surface area contributed by atoms with Crippen molar-refractivity contribution in [2.45, 2.75) is 26.7 Å². The van der Waals surface area contributed by atoms with Crippen LogP contribution in [0.1, 0.15) is 26.7 Å². The van der Waals surface area contributed by atoms with E-state index in [1.165, 1.54) is 20.3 Å². The van der Waals surface area contributed by atoms with Gasteiger partial charge in [-0.05, 0) is 18.9 Å². The van der Waals surface area contributed by atoms with Gasteiger partial charge in [-0.2, -0.15) is 0 Å². The number of pyridine rings is 1. The van der Waals surface area contributed by atoms with Gasteiger partial charge in [-0.15, -0.1) is 0 Å². The van der Waals surface area contributed by atoms with Crippen LogP contribution in [0, 0.1) is 0 Å². The van der Waals surface area contributed by atoms with Gasteiger partial charge in [-0.1, -0.05) is 13.8 Å². The van der Waals surface area contributed by atoms with Crippen LogP contribution in [0.4, 0.5) is 10.5 Å². The van der Waals surface area contributed by atoms with Crippen LogP contribution >= 0.6 is 0 Å². The average molecular weight is 310 g/mol. The van der Waals surface area contributed by atoms with Crippen LogP contribution in [0.25, 0.3) is 0 Å². The number of hydrogen-bond acceptors (Lipinski definition) is 4. The fraction of sp³-hybridized carbons (Fsp3) is 0.533. The van der Waals surface area contributed by atoms with Crippen molar-refractivity contribution in [2.24, 2.45) is 4.99 Å². The number of carboxylic acid groups (broad SMARTS) is 1. The molecule has 124 valence electrons. The Morgan fingerprint density at radius 3 is 2.27 bits per heavy atom. The highest BCUT2D eigenvalue weighted by Gasteiger charge is 1.99. The van der Waals surface area contributed by atoms with Crippen molar-refractivity contribution in [1.29, 1.82) is 0 Å². The summed E-state index contributed by atoms with van der Waals surface area (Å²) >= 11 is 0. The van der Waals surface area contributed by atoms with E-state index in [-0.39, 0.29) is 5.75 Å². The Morgan fingerprint density at radius 2 is 1.86 bits per heavy atom. The monoisotopic (exact) mass is 310 g/mol. The molecule has 0 aliphatic heterocycles. The van der Waals surface area contributed by atoms with Crippen molar-refractivity contribution in [2.75, 3.05) is 27.2 Å². The molecular weight excluding hydrogens is 284 g/mol. The van der Waals surface area contributed by atoms with E-state index in [4.69, 9.17) is 5.11 Å². The Bertz CT molecular complexity index is 458. The van der Waals surface area contributed by atoms with Gasteiger partial charge in [0.2, 0.25) is 0 Å². The Morgan fingerprint density at radius 1 is 1.32 bits per heavy atom. The standard InChI is InChI=1S/C12H19N3O.C3H7NO2/c1-3-7-15(8-4-2)10-14-11-5-6-13-9-12(11)16;1-4(2)3(5)6/h5-6,9-10,16H,3-4,7-8H2,1-2H3;1-2H3,(H,5,6)/b14-10+;. The van der Waals surface area contributed by atoms with Gasteiger partial charge in [0.25, 0.3) is 0 Å².